The molecular formula is C26H23F3N4O3. The number of amides is 2. The number of hydrogen-bond donors (Lipinski definition) is 1. The lowest BCUT2D eigenvalue weighted by Crippen LogP contribution is -2.42. The molecule has 0 aliphatic rings. The highest BCUT2D eigenvalue weighted by atomic mass is 19.4. The van der Waals surface area contributed by atoms with E-state index in [1.807, 2.05) is 30.3 Å². The molecule has 7 nitrogen and oxygen atoms in total. The van der Waals surface area contributed by atoms with Crippen LogP contribution in [0, 0.1) is 0 Å². The van der Waals surface area contributed by atoms with Gasteiger partial charge in [-0.3, -0.25) is 19.5 Å². The summed E-state index contributed by atoms with van der Waals surface area (Å²) in [6, 6.07) is 16.5. The summed E-state index contributed by atoms with van der Waals surface area (Å²) in [7, 11) is 0. The van der Waals surface area contributed by atoms with Crippen LogP contribution in [0.2, 0.25) is 0 Å². The third-order valence-electron chi connectivity index (χ3n) is 5.43. The van der Waals surface area contributed by atoms with Gasteiger partial charge in [-0.15, -0.1) is 0 Å². The van der Waals surface area contributed by atoms with Crippen LogP contribution in [-0.2, 0) is 11.0 Å². The lowest BCUT2D eigenvalue weighted by atomic mass is 10.2. The smallest absolute Gasteiger partial charge is 0.416 e. The van der Waals surface area contributed by atoms with E-state index in [0.717, 1.165) is 17.7 Å². The summed E-state index contributed by atoms with van der Waals surface area (Å²) in [6.07, 6.45) is -1.47. The van der Waals surface area contributed by atoms with Crippen molar-refractivity contribution in [3.63, 3.8) is 0 Å². The molecule has 2 heterocycles. The van der Waals surface area contributed by atoms with E-state index in [1.54, 1.807) is 26.1 Å². The van der Waals surface area contributed by atoms with Gasteiger partial charge in [0.15, 0.2) is 5.76 Å². The van der Waals surface area contributed by atoms with Crippen LogP contribution >= 0.6 is 0 Å². The van der Waals surface area contributed by atoms with E-state index in [1.165, 1.54) is 33.9 Å². The first kappa shape index (κ1) is 24.8. The average molecular weight is 496 g/mol. The minimum Gasteiger partial charge on any atom is -0.459 e. The van der Waals surface area contributed by atoms with Gasteiger partial charge in [-0.2, -0.15) is 13.2 Å². The number of aromatic nitrogens is 2. The predicted molar refractivity (Wildman–Crippen MR) is 128 cm³/mol. The molecule has 4 aromatic rings. The molecule has 0 aliphatic carbocycles. The summed E-state index contributed by atoms with van der Waals surface area (Å²) >= 11 is 0. The first-order valence-corrected chi connectivity index (χ1v) is 11.1. The second kappa shape index (κ2) is 10.1. The molecule has 0 aliphatic heterocycles. The van der Waals surface area contributed by atoms with Crippen LogP contribution in [0.4, 0.5) is 19.1 Å². The lowest BCUT2D eigenvalue weighted by Gasteiger charge is -2.25. The van der Waals surface area contributed by atoms with Gasteiger partial charge in [-0.25, -0.2) is 4.98 Å². The normalized spacial score (nSPS) is 11.5. The maximum Gasteiger partial charge on any atom is 0.416 e. The van der Waals surface area contributed by atoms with Crippen molar-refractivity contribution in [1.82, 2.24) is 14.5 Å². The zero-order valence-electron chi connectivity index (χ0n) is 19.5. The monoisotopic (exact) mass is 496 g/mol. The second-order valence-corrected chi connectivity index (χ2v) is 8.28. The van der Waals surface area contributed by atoms with Crippen molar-refractivity contribution in [3.05, 3.63) is 90.5 Å². The topological polar surface area (TPSA) is 80.4 Å². The van der Waals surface area contributed by atoms with E-state index in [4.69, 9.17) is 4.42 Å². The van der Waals surface area contributed by atoms with Crippen molar-refractivity contribution < 1.29 is 27.2 Å². The fourth-order valence-corrected chi connectivity index (χ4v) is 3.57. The molecule has 1 N–H and O–H groups in total. The Kier molecular flexibility index (Phi) is 6.96. The van der Waals surface area contributed by atoms with Crippen LogP contribution in [0.1, 0.15) is 30.0 Å². The van der Waals surface area contributed by atoms with Gasteiger partial charge < -0.3 is 9.32 Å². The first-order chi connectivity index (χ1) is 17.1. The summed E-state index contributed by atoms with van der Waals surface area (Å²) in [4.78, 5) is 31.6. The molecule has 0 fully saturated rings. The molecule has 0 bridgehead atoms. The van der Waals surface area contributed by atoms with Crippen LogP contribution in [-0.4, -0.2) is 38.9 Å². The number of benzene rings is 2. The van der Waals surface area contributed by atoms with Gasteiger partial charge in [-0.1, -0.05) is 30.3 Å². The molecule has 0 unspecified atom stereocenters. The van der Waals surface area contributed by atoms with Crippen molar-refractivity contribution in [1.29, 1.82) is 0 Å². The molecule has 0 spiro atoms. The average Bonchev–Trinajstić information content (AvgIpc) is 3.53. The third-order valence-corrected chi connectivity index (χ3v) is 5.43. The summed E-state index contributed by atoms with van der Waals surface area (Å²) in [5, 5.41) is 2.70. The van der Waals surface area contributed by atoms with E-state index in [9.17, 15) is 22.8 Å². The van der Waals surface area contributed by atoms with Crippen molar-refractivity contribution in [2.24, 2.45) is 0 Å². The van der Waals surface area contributed by atoms with Crippen LogP contribution < -0.4 is 5.32 Å². The van der Waals surface area contributed by atoms with Gasteiger partial charge in [0.25, 0.3) is 5.91 Å². The van der Waals surface area contributed by atoms with Gasteiger partial charge in [-0.05, 0) is 50.2 Å². The largest absolute Gasteiger partial charge is 0.459 e. The molecule has 186 valence electrons. The van der Waals surface area contributed by atoms with Crippen molar-refractivity contribution in [2.45, 2.75) is 26.1 Å². The van der Waals surface area contributed by atoms with Crippen molar-refractivity contribution in [2.75, 3.05) is 11.9 Å². The molecule has 2 aromatic carbocycles. The molecular weight excluding hydrogens is 473 g/mol. The van der Waals surface area contributed by atoms with E-state index in [2.05, 4.69) is 10.3 Å². The molecule has 0 saturated carbocycles. The molecule has 2 amide bonds. The van der Waals surface area contributed by atoms with Crippen LogP contribution in [0.15, 0.2) is 83.6 Å². The number of hydrogen-bond acceptors (Lipinski definition) is 4. The number of alkyl halides is 3. The fraction of sp³-hybridized carbons (Fsp3) is 0.192. The Labute approximate surface area is 205 Å². The highest BCUT2D eigenvalue weighted by Gasteiger charge is 2.30. The molecule has 2 aromatic heterocycles. The summed E-state index contributed by atoms with van der Waals surface area (Å²) in [5.74, 6) is -0.759. The van der Waals surface area contributed by atoms with Gasteiger partial charge >= 0.3 is 6.18 Å². The highest BCUT2D eigenvalue weighted by Crippen LogP contribution is 2.31. The molecule has 0 atom stereocenters. The number of carbonyl (C=O) groups is 2. The van der Waals surface area contributed by atoms with E-state index < -0.39 is 23.6 Å². The molecule has 10 heteroatoms. The quantitative estimate of drug-likeness (QED) is 0.359. The van der Waals surface area contributed by atoms with Crippen LogP contribution in [0.3, 0.4) is 0 Å². The predicted octanol–water partition coefficient (Wildman–Crippen LogP) is 5.64. The zero-order valence-corrected chi connectivity index (χ0v) is 19.5. The van der Waals surface area contributed by atoms with E-state index >= 15 is 0 Å². The Morgan fingerprint density at radius 3 is 2.31 bits per heavy atom. The summed E-state index contributed by atoms with van der Waals surface area (Å²) in [5.41, 5.74) is 0.859. The van der Waals surface area contributed by atoms with Gasteiger partial charge in [0.2, 0.25) is 11.9 Å². The number of carbonyl (C=O) groups excluding carboxylic acids is 2. The second-order valence-electron chi connectivity index (χ2n) is 8.28. The number of nitrogens with zero attached hydrogens (tertiary/aromatic N) is 3. The summed E-state index contributed by atoms with van der Waals surface area (Å²) < 4.78 is 45.8. The van der Waals surface area contributed by atoms with E-state index in [0.29, 0.717) is 11.4 Å². The molecule has 0 saturated heterocycles. The fourth-order valence-electron chi connectivity index (χ4n) is 3.57. The Balaban J connectivity index is 1.63. The molecule has 4 rings (SSSR count). The van der Waals surface area contributed by atoms with Crippen LogP contribution in [0.25, 0.3) is 16.9 Å². The maximum absolute atomic E-state index is 13.0. The number of rotatable bonds is 7. The number of halogens is 3. The molecule has 36 heavy (non-hydrogen) atoms. The first-order valence-electron chi connectivity index (χ1n) is 11.1. The standard InChI is InChI=1S/C26H23F3N4O3/c1-17(2)32(24(35)22-9-6-14-36-22)16-23(34)31-25-30-21(18-7-4-3-5-8-18)15-33(25)20-12-10-19(11-13-20)26(27,28)29/h3-15,17H,16H2,1-2H3,(H,30,31,34). The number of anilines is 1. The zero-order chi connectivity index (χ0) is 25.9. The van der Waals surface area contributed by atoms with Crippen LogP contribution in [0.5, 0.6) is 0 Å². The highest BCUT2D eigenvalue weighted by molar-refractivity contribution is 5.97. The number of imidazole rings is 1. The van der Waals surface area contributed by atoms with Gasteiger partial charge in [0.05, 0.1) is 17.5 Å². The Morgan fingerprint density at radius 1 is 1.03 bits per heavy atom. The third kappa shape index (κ3) is 5.48. The van der Waals surface area contributed by atoms with Crippen molar-refractivity contribution in [3.8, 4) is 16.9 Å². The Morgan fingerprint density at radius 2 is 1.72 bits per heavy atom. The number of nitrogens with one attached hydrogen (secondary N) is 1. The van der Waals surface area contributed by atoms with Gasteiger partial charge in [0.1, 0.15) is 6.54 Å². The number of furan rings is 1. The Bertz CT molecular complexity index is 1330. The lowest BCUT2D eigenvalue weighted by molar-refractivity contribution is -0.137. The van der Waals surface area contributed by atoms with E-state index in [-0.39, 0.29) is 24.3 Å². The Hall–Kier alpha value is -4.34. The maximum atomic E-state index is 13.0. The van der Waals surface area contributed by atoms with Gasteiger partial charge in [0, 0.05) is 23.5 Å². The summed E-state index contributed by atoms with van der Waals surface area (Å²) in [6.45, 7) is 3.26. The molecule has 0 radical (unpaired) electrons. The minimum absolute atomic E-state index is 0.104. The SMILES string of the molecule is CC(C)N(CC(=O)Nc1nc(-c2ccccc2)cn1-c1ccc(C(F)(F)F)cc1)C(=O)c1ccco1. The minimum atomic E-state index is -4.47. The van der Waals surface area contributed by atoms with Crippen molar-refractivity contribution >= 4 is 17.8 Å².